The fraction of sp³-hybridized carbons (Fsp3) is 0.500. The van der Waals surface area contributed by atoms with Crippen LogP contribution in [-0.2, 0) is 9.59 Å². The molecule has 1 aromatic heterocycles. The molecule has 1 amide bonds. The molecule has 2 rings (SSSR count). The van der Waals surface area contributed by atoms with Crippen LogP contribution in [0, 0.1) is 11.8 Å². The van der Waals surface area contributed by atoms with Gasteiger partial charge in [0.05, 0.1) is 18.9 Å². The van der Waals surface area contributed by atoms with Gasteiger partial charge >= 0.3 is 12.0 Å². The van der Waals surface area contributed by atoms with Crippen molar-refractivity contribution in [3.63, 3.8) is 0 Å². The number of hydrogen-bond donors (Lipinski definition) is 3. The van der Waals surface area contributed by atoms with E-state index >= 15 is 0 Å². The molecular formula is C8H10N4O4. The lowest BCUT2D eigenvalue weighted by Crippen LogP contribution is -2.17. The number of carboxylic acids is 1. The van der Waals surface area contributed by atoms with Gasteiger partial charge < -0.3 is 9.84 Å². The molecule has 1 heterocycles. The van der Waals surface area contributed by atoms with Crippen molar-refractivity contribution in [2.75, 3.05) is 12.4 Å². The first-order chi connectivity index (χ1) is 7.61. The standard InChI is InChI=1S/C8H10N4O4/c1-16-8-10-7(11-12-8)9-5(13)3-2-4(3)6(14)15/h3-4H,2H2,1H3,(H,14,15)(H2,9,10,11,12,13)/t3-,4+/m1/s1. The number of carboxylic acid groups (broad SMARTS) is 1. The molecule has 0 radical (unpaired) electrons. The molecule has 1 aromatic rings. The van der Waals surface area contributed by atoms with Gasteiger partial charge in [0.15, 0.2) is 0 Å². The molecule has 0 aromatic carbocycles. The highest BCUT2D eigenvalue weighted by Crippen LogP contribution is 2.39. The summed E-state index contributed by atoms with van der Waals surface area (Å²) in [6.45, 7) is 0. The summed E-state index contributed by atoms with van der Waals surface area (Å²) >= 11 is 0. The second kappa shape index (κ2) is 3.80. The van der Waals surface area contributed by atoms with Crippen LogP contribution in [0.2, 0.25) is 0 Å². The number of amides is 1. The monoisotopic (exact) mass is 226 g/mol. The molecule has 8 heteroatoms. The molecule has 1 saturated carbocycles. The van der Waals surface area contributed by atoms with E-state index in [2.05, 4.69) is 20.5 Å². The van der Waals surface area contributed by atoms with E-state index in [9.17, 15) is 9.59 Å². The maximum absolute atomic E-state index is 11.5. The summed E-state index contributed by atoms with van der Waals surface area (Å²) < 4.78 is 4.71. The number of anilines is 1. The SMILES string of the molecule is COc1n[nH]c(NC(=O)[C@@H]2C[C@@H]2C(=O)O)n1. The van der Waals surface area contributed by atoms with Gasteiger partial charge in [-0.3, -0.25) is 14.9 Å². The van der Waals surface area contributed by atoms with Crippen molar-refractivity contribution in [2.45, 2.75) is 6.42 Å². The number of carbonyl (C=O) groups is 2. The topological polar surface area (TPSA) is 117 Å². The van der Waals surface area contributed by atoms with Crippen molar-refractivity contribution in [1.82, 2.24) is 15.2 Å². The van der Waals surface area contributed by atoms with Gasteiger partial charge in [-0.15, -0.1) is 5.10 Å². The number of carbonyl (C=O) groups excluding carboxylic acids is 1. The van der Waals surface area contributed by atoms with Gasteiger partial charge in [-0.05, 0) is 6.42 Å². The Labute approximate surface area is 90.0 Å². The summed E-state index contributed by atoms with van der Waals surface area (Å²) in [5.74, 6) is -2.22. The number of methoxy groups -OCH3 is 1. The van der Waals surface area contributed by atoms with Crippen LogP contribution in [0.1, 0.15) is 6.42 Å². The van der Waals surface area contributed by atoms with Crippen LogP contribution < -0.4 is 10.1 Å². The maximum Gasteiger partial charge on any atom is 0.336 e. The van der Waals surface area contributed by atoms with Crippen molar-refractivity contribution < 1.29 is 19.4 Å². The van der Waals surface area contributed by atoms with Crippen LogP contribution in [0.15, 0.2) is 0 Å². The molecule has 3 N–H and O–H groups in total. The molecule has 0 bridgehead atoms. The molecule has 0 saturated heterocycles. The van der Waals surface area contributed by atoms with Crippen LogP contribution in [0.3, 0.4) is 0 Å². The van der Waals surface area contributed by atoms with E-state index in [4.69, 9.17) is 9.84 Å². The van der Waals surface area contributed by atoms with E-state index in [-0.39, 0.29) is 17.9 Å². The van der Waals surface area contributed by atoms with Crippen LogP contribution in [0.4, 0.5) is 5.95 Å². The summed E-state index contributed by atoms with van der Waals surface area (Å²) in [6.07, 6.45) is 0.367. The number of hydrogen-bond acceptors (Lipinski definition) is 5. The van der Waals surface area contributed by atoms with Crippen LogP contribution in [-0.4, -0.2) is 39.3 Å². The summed E-state index contributed by atoms with van der Waals surface area (Å²) in [7, 11) is 1.40. The molecule has 1 aliphatic rings. The number of aromatic nitrogens is 3. The van der Waals surface area contributed by atoms with Gasteiger partial charge in [0.1, 0.15) is 0 Å². The number of aromatic amines is 1. The number of nitrogens with one attached hydrogen (secondary N) is 2. The zero-order valence-electron chi connectivity index (χ0n) is 8.43. The number of H-pyrrole nitrogens is 1. The second-order valence-electron chi connectivity index (χ2n) is 3.45. The molecule has 0 unspecified atom stereocenters. The molecule has 0 spiro atoms. The van der Waals surface area contributed by atoms with E-state index in [0.29, 0.717) is 6.42 Å². The highest BCUT2D eigenvalue weighted by molar-refractivity contribution is 5.97. The Morgan fingerprint density at radius 3 is 2.81 bits per heavy atom. The molecule has 1 fully saturated rings. The lowest BCUT2D eigenvalue weighted by Gasteiger charge is -1.98. The third kappa shape index (κ3) is 1.95. The van der Waals surface area contributed by atoms with Crippen molar-refractivity contribution in [3.05, 3.63) is 0 Å². The highest BCUT2D eigenvalue weighted by Gasteiger charge is 2.48. The highest BCUT2D eigenvalue weighted by atomic mass is 16.5. The zero-order valence-corrected chi connectivity index (χ0v) is 8.43. The van der Waals surface area contributed by atoms with Crippen LogP contribution >= 0.6 is 0 Å². The maximum atomic E-state index is 11.5. The first-order valence-electron chi connectivity index (χ1n) is 4.62. The Kier molecular flexibility index (Phi) is 2.47. The zero-order chi connectivity index (χ0) is 11.7. The number of nitrogens with zero attached hydrogens (tertiary/aromatic N) is 2. The molecule has 0 aliphatic heterocycles. The van der Waals surface area contributed by atoms with E-state index in [1.54, 1.807) is 0 Å². The first-order valence-corrected chi connectivity index (χ1v) is 4.62. The lowest BCUT2D eigenvalue weighted by atomic mass is 10.3. The van der Waals surface area contributed by atoms with E-state index in [0.717, 1.165) is 0 Å². The Balaban J connectivity index is 1.91. The van der Waals surface area contributed by atoms with Crippen molar-refractivity contribution in [3.8, 4) is 6.01 Å². The van der Waals surface area contributed by atoms with Crippen LogP contribution in [0.5, 0.6) is 6.01 Å². The fourth-order valence-electron chi connectivity index (χ4n) is 1.36. The largest absolute Gasteiger partial charge is 0.481 e. The second-order valence-corrected chi connectivity index (χ2v) is 3.45. The Hall–Kier alpha value is -2.12. The van der Waals surface area contributed by atoms with E-state index in [1.165, 1.54) is 7.11 Å². The molecule has 16 heavy (non-hydrogen) atoms. The molecule has 1 aliphatic carbocycles. The molecule has 2 atom stereocenters. The summed E-state index contributed by atoms with van der Waals surface area (Å²) in [4.78, 5) is 25.8. The quantitative estimate of drug-likeness (QED) is 0.635. The minimum Gasteiger partial charge on any atom is -0.481 e. The lowest BCUT2D eigenvalue weighted by molar-refractivity contribution is -0.139. The molecule has 8 nitrogen and oxygen atoms in total. The predicted molar refractivity (Wildman–Crippen MR) is 50.8 cm³/mol. The van der Waals surface area contributed by atoms with Crippen LogP contribution in [0.25, 0.3) is 0 Å². The van der Waals surface area contributed by atoms with Gasteiger partial charge in [-0.1, -0.05) is 0 Å². The Morgan fingerprint density at radius 2 is 2.31 bits per heavy atom. The third-order valence-corrected chi connectivity index (χ3v) is 2.33. The van der Waals surface area contributed by atoms with Gasteiger partial charge in [-0.2, -0.15) is 4.98 Å². The average Bonchev–Trinajstić information content (AvgIpc) is 2.94. The van der Waals surface area contributed by atoms with Gasteiger partial charge in [-0.25, -0.2) is 5.10 Å². The third-order valence-electron chi connectivity index (χ3n) is 2.33. The minimum absolute atomic E-state index is 0.112. The molecule has 86 valence electrons. The fourth-order valence-corrected chi connectivity index (χ4v) is 1.36. The Bertz CT molecular complexity index is 429. The van der Waals surface area contributed by atoms with E-state index < -0.39 is 17.8 Å². The minimum atomic E-state index is -0.949. The average molecular weight is 226 g/mol. The smallest absolute Gasteiger partial charge is 0.336 e. The predicted octanol–water partition coefficient (Wildman–Crippen LogP) is -0.528. The Morgan fingerprint density at radius 1 is 1.56 bits per heavy atom. The van der Waals surface area contributed by atoms with Crippen molar-refractivity contribution >= 4 is 17.8 Å². The van der Waals surface area contributed by atoms with Gasteiger partial charge in [0.25, 0.3) is 0 Å². The summed E-state index contributed by atoms with van der Waals surface area (Å²) in [5, 5.41) is 17.2. The van der Waals surface area contributed by atoms with Gasteiger partial charge in [0, 0.05) is 0 Å². The normalized spacial score (nSPS) is 22.6. The van der Waals surface area contributed by atoms with Gasteiger partial charge in [0.2, 0.25) is 11.9 Å². The van der Waals surface area contributed by atoms with Crippen molar-refractivity contribution in [1.29, 1.82) is 0 Å². The number of aliphatic carboxylic acids is 1. The summed E-state index contributed by atoms with van der Waals surface area (Å²) in [5.41, 5.74) is 0. The van der Waals surface area contributed by atoms with Crippen molar-refractivity contribution in [2.24, 2.45) is 11.8 Å². The van der Waals surface area contributed by atoms with E-state index in [1.807, 2.05) is 0 Å². The first kappa shape index (κ1) is 10.4. The molecular weight excluding hydrogens is 216 g/mol. The summed E-state index contributed by atoms with van der Waals surface area (Å²) in [6, 6.07) is 0.112. The number of ether oxygens (including phenoxy) is 1. The number of rotatable bonds is 4.